The number of allylic oxidation sites excluding steroid dienone is 4. The predicted octanol–water partition coefficient (Wildman–Crippen LogP) is 3.00. The summed E-state index contributed by atoms with van der Waals surface area (Å²) >= 11 is 0. The third-order valence-electron chi connectivity index (χ3n) is 3.47. The SMILES string of the molecule is C[SiH](C)C1CC2C=CC=CC2C1. The monoisotopic (exact) mass is 178 g/mol. The molecule has 2 atom stereocenters. The molecule has 1 heteroatoms. The van der Waals surface area contributed by atoms with Crippen molar-refractivity contribution in [2.24, 2.45) is 11.8 Å². The van der Waals surface area contributed by atoms with E-state index in [2.05, 4.69) is 37.4 Å². The maximum Gasteiger partial charge on any atom is 0.0337 e. The van der Waals surface area contributed by atoms with Crippen LogP contribution < -0.4 is 0 Å². The van der Waals surface area contributed by atoms with E-state index < -0.39 is 0 Å². The van der Waals surface area contributed by atoms with Crippen molar-refractivity contribution in [3.63, 3.8) is 0 Å². The van der Waals surface area contributed by atoms with E-state index in [1.54, 1.807) is 0 Å². The van der Waals surface area contributed by atoms with Gasteiger partial charge >= 0.3 is 0 Å². The van der Waals surface area contributed by atoms with E-state index >= 15 is 0 Å². The lowest BCUT2D eigenvalue weighted by atomic mass is 9.92. The molecule has 0 radical (unpaired) electrons. The van der Waals surface area contributed by atoms with Gasteiger partial charge in [-0.25, -0.2) is 0 Å². The van der Waals surface area contributed by atoms with E-state index in [1.807, 2.05) is 0 Å². The molecule has 0 aromatic carbocycles. The second kappa shape index (κ2) is 3.21. The molecule has 0 aliphatic heterocycles. The Balaban J connectivity index is 2.05. The number of rotatable bonds is 1. The summed E-state index contributed by atoms with van der Waals surface area (Å²) < 4.78 is 0. The van der Waals surface area contributed by atoms with E-state index in [1.165, 1.54) is 12.8 Å². The van der Waals surface area contributed by atoms with Crippen LogP contribution in [0.5, 0.6) is 0 Å². The third kappa shape index (κ3) is 1.42. The molecule has 0 N–H and O–H groups in total. The molecule has 1 saturated carbocycles. The van der Waals surface area contributed by atoms with E-state index in [0.717, 1.165) is 17.4 Å². The van der Waals surface area contributed by atoms with Gasteiger partial charge in [0.2, 0.25) is 0 Å². The van der Waals surface area contributed by atoms with Gasteiger partial charge in [-0.15, -0.1) is 0 Å². The van der Waals surface area contributed by atoms with Crippen LogP contribution in [0.4, 0.5) is 0 Å². The van der Waals surface area contributed by atoms with Crippen molar-refractivity contribution in [3.05, 3.63) is 24.3 Å². The first-order chi connectivity index (χ1) is 5.77. The molecule has 1 fully saturated rings. The van der Waals surface area contributed by atoms with E-state index in [9.17, 15) is 0 Å². The highest BCUT2D eigenvalue weighted by Gasteiger charge is 2.33. The maximum atomic E-state index is 2.50. The minimum absolute atomic E-state index is 0.368. The molecule has 0 amide bonds. The zero-order valence-electron chi connectivity index (χ0n) is 8.03. The van der Waals surface area contributed by atoms with Gasteiger partial charge in [-0.2, -0.15) is 0 Å². The summed E-state index contributed by atoms with van der Waals surface area (Å²) in [5, 5.41) is 0. The van der Waals surface area contributed by atoms with Crippen molar-refractivity contribution in [3.8, 4) is 0 Å². The third-order valence-corrected chi connectivity index (χ3v) is 5.90. The lowest BCUT2D eigenvalue weighted by molar-refractivity contribution is 0.552. The molecule has 0 saturated heterocycles. The molecule has 2 aliphatic carbocycles. The fourth-order valence-corrected chi connectivity index (χ4v) is 4.26. The molecule has 0 nitrogen and oxygen atoms in total. The summed E-state index contributed by atoms with van der Waals surface area (Å²) in [6, 6.07) is 0. The molecule has 0 aromatic heterocycles. The Morgan fingerprint density at radius 3 is 1.92 bits per heavy atom. The van der Waals surface area contributed by atoms with Gasteiger partial charge in [-0.3, -0.25) is 0 Å². The molecule has 2 unspecified atom stereocenters. The summed E-state index contributed by atoms with van der Waals surface area (Å²) in [7, 11) is -0.368. The second-order valence-electron chi connectivity index (χ2n) is 4.57. The zero-order chi connectivity index (χ0) is 8.55. The van der Waals surface area contributed by atoms with Gasteiger partial charge in [0, 0.05) is 8.80 Å². The minimum Gasteiger partial charge on any atom is -0.0808 e. The van der Waals surface area contributed by atoms with Gasteiger partial charge in [0.25, 0.3) is 0 Å². The Morgan fingerprint density at radius 2 is 1.50 bits per heavy atom. The second-order valence-corrected chi connectivity index (χ2v) is 8.00. The Morgan fingerprint density at radius 1 is 1.00 bits per heavy atom. The lowest BCUT2D eigenvalue weighted by Gasteiger charge is -2.13. The quantitative estimate of drug-likeness (QED) is 0.542. The standard InChI is InChI=1S/C11H18Si/c1-12(2)11-7-9-5-3-4-6-10(9)8-11/h3-6,9-12H,7-8H2,1-2H3. The Bertz CT molecular complexity index is 195. The van der Waals surface area contributed by atoms with E-state index in [0.29, 0.717) is 0 Å². The van der Waals surface area contributed by atoms with Gasteiger partial charge in [-0.1, -0.05) is 37.4 Å². The normalized spacial score (nSPS) is 39.1. The van der Waals surface area contributed by atoms with Crippen molar-refractivity contribution in [1.29, 1.82) is 0 Å². The first kappa shape index (κ1) is 8.30. The average Bonchev–Trinajstić information content (AvgIpc) is 2.46. The first-order valence-electron chi connectivity index (χ1n) is 5.12. The highest BCUT2D eigenvalue weighted by atomic mass is 28.3. The van der Waals surface area contributed by atoms with Gasteiger partial charge < -0.3 is 0 Å². The van der Waals surface area contributed by atoms with Crippen LogP contribution in [0.3, 0.4) is 0 Å². The molecule has 2 aliphatic rings. The largest absolute Gasteiger partial charge is 0.0808 e. The van der Waals surface area contributed by atoms with Crippen LogP contribution in [-0.2, 0) is 0 Å². The van der Waals surface area contributed by atoms with Crippen LogP contribution in [-0.4, -0.2) is 8.80 Å². The zero-order valence-corrected chi connectivity index (χ0v) is 9.19. The minimum atomic E-state index is -0.368. The smallest absolute Gasteiger partial charge is 0.0337 e. The first-order valence-corrected chi connectivity index (χ1v) is 8.10. The number of hydrogen-bond acceptors (Lipinski definition) is 0. The van der Waals surface area contributed by atoms with Gasteiger partial charge in [0.1, 0.15) is 0 Å². The van der Waals surface area contributed by atoms with E-state index in [-0.39, 0.29) is 8.80 Å². The van der Waals surface area contributed by atoms with E-state index in [4.69, 9.17) is 0 Å². The molecular weight excluding hydrogens is 160 g/mol. The van der Waals surface area contributed by atoms with Crippen LogP contribution in [0.1, 0.15) is 12.8 Å². The fraction of sp³-hybridized carbons (Fsp3) is 0.636. The van der Waals surface area contributed by atoms with Gasteiger partial charge in [0.15, 0.2) is 0 Å². The fourth-order valence-electron chi connectivity index (χ4n) is 2.55. The van der Waals surface area contributed by atoms with Crippen molar-refractivity contribution in [1.82, 2.24) is 0 Å². The highest BCUT2D eigenvalue weighted by molar-refractivity contribution is 6.57. The van der Waals surface area contributed by atoms with Crippen LogP contribution in [0.15, 0.2) is 24.3 Å². The van der Waals surface area contributed by atoms with Gasteiger partial charge in [0.05, 0.1) is 0 Å². The van der Waals surface area contributed by atoms with Crippen molar-refractivity contribution in [2.45, 2.75) is 31.5 Å². The molecule has 12 heavy (non-hydrogen) atoms. The van der Waals surface area contributed by atoms with Crippen molar-refractivity contribution >= 4 is 8.80 Å². The summed E-state index contributed by atoms with van der Waals surface area (Å²) in [5.41, 5.74) is 1.10. The van der Waals surface area contributed by atoms with Gasteiger partial charge in [-0.05, 0) is 30.2 Å². The highest BCUT2D eigenvalue weighted by Crippen LogP contribution is 2.44. The maximum absolute atomic E-state index is 2.50. The molecule has 0 bridgehead atoms. The average molecular weight is 178 g/mol. The van der Waals surface area contributed by atoms with Crippen LogP contribution in [0, 0.1) is 11.8 Å². The molecule has 66 valence electrons. The predicted molar refractivity (Wildman–Crippen MR) is 57.1 cm³/mol. The topological polar surface area (TPSA) is 0 Å². The van der Waals surface area contributed by atoms with Crippen molar-refractivity contribution in [2.75, 3.05) is 0 Å². The summed E-state index contributed by atoms with van der Waals surface area (Å²) in [6.07, 6.45) is 12.3. The number of hydrogen-bond donors (Lipinski definition) is 0. The summed E-state index contributed by atoms with van der Waals surface area (Å²) in [4.78, 5) is 0. The summed E-state index contributed by atoms with van der Waals surface area (Å²) in [6.45, 7) is 4.99. The Labute approximate surface area is 77.0 Å². The summed E-state index contributed by atoms with van der Waals surface area (Å²) in [5.74, 6) is 1.80. The van der Waals surface area contributed by atoms with Crippen molar-refractivity contribution < 1.29 is 0 Å². The lowest BCUT2D eigenvalue weighted by Crippen LogP contribution is -2.08. The molecule has 2 rings (SSSR count). The molecule has 0 heterocycles. The molecule has 0 spiro atoms. The molecular formula is C11H18Si. The number of fused-ring (bicyclic) bond motifs is 1. The molecule has 0 aromatic rings. The Kier molecular flexibility index (Phi) is 2.22. The Hall–Kier alpha value is -0.303. The van der Waals surface area contributed by atoms with Crippen LogP contribution in [0.25, 0.3) is 0 Å². The van der Waals surface area contributed by atoms with Crippen LogP contribution in [0.2, 0.25) is 18.6 Å². The van der Waals surface area contributed by atoms with Crippen LogP contribution >= 0.6 is 0 Å².